The van der Waals surface area contributed by atoms with Crippen molar-refractivity contribution in [3.05, 3.63) is 33.9 Å². The molecule has 0 unspecified atom stereocenters. The molecule has 0 radical (unpaired) electrons. The van der Waals surface area contributed by atoms with Gasteiger partial charge in [0.15, 0.2) is 5.56 Å². The number of carbonyl (C=O) groups excluding carboxylic acids is 1. The number of nitro benzene ring substituents is 1. The Kier molecular flexibility index (Phi) is 4.19. The zero-order valence-electron chi connectivity index (χ0n) is 11.1. The number of likely N-dealkylation sites (tertiary alicyclic amines) is 1. The van der Waals surface area contributed by atoms with Crippen LogP contribution in [0.2, 0.25) is 0 Å². The van der Waals surface area contributed by atoms with Crippen molar-refractivity contribution < 1.29 is 19.6 Å². The van der Waals surface area contributed by atoms with Crippen LogP contribution in [0.15, 0.2) is 18.2 Å². The Morgan fingerprint density at radius 3 is 2.65 bits per heavy atom. The molecular formula is C13H16N2O5. The van der Waals surface area contributed by atoms with Crippen LogP contribution in [0.4, 0.5) is 5.69 Å². The Balaban J connectivity index is 2.35. The topological polar surface area (TPSA) is 92.9 Å². The van der Waals surface area contributed by atoms with Gasteiger partial charge in [-0.15, -0.1) is 0 Å². The summed E-state index contributed by atoms with van der Waals surface area (Å²) in [4.78, 5) is 24.5. The van der Waals surface area contributed by atoms with Gasteiger partial charge in [-0.25, -0.2) is 0 Å². The number of nitrogens with zero attached hydrogens (tertiary/aromatic N) is 2. The summed E-state index contributed by atoms with van der Waals surface area (Å²) >= 11 is 0. The minimum atomic E-state index is -0.589. The number of benzene rings is 1. The molecule has 0 aliphatic carbocycles. The summed E-state index contributed by atoms with van der Waals surface area (Å²) in [6.07, 6.45) is 0.551. The number of carbonyl (C=O) groups is 1. The second kappa shape index (κ2) is 5.87. The highest BCUT2D eigenvalue weighted by atomic mass is 16.6. The summed E-state index contributed by atoms with van der Waals surface area (Å²) in [5, 5.41) is 20.5. The fourth-order valence-corrected chi connectivity index (χ4v) is 2.28. The van der Waals surface area contributed by atoms with Gasteiger partial charge in [-0.2, -0.15) is 0 Å². The van der Waals surface area contributed by atoms with Crippen molar-refractivity contribution >= 4 is 11.6 Å². The van der Waals surface area contributed by atoms with Crippen LogP contribution in [0.25, 0.3) is 0 Å². The van der Waals surface area contributed by atoms with Crippen molar-refractivity contribution in [3.63, 3.8) is 0 Å². The summed E-state index contributed by atoms with van der Waals surface area (Å²) in [7, 11) is 1.37. The molecule has 0 atom stereocenters. The maximum Gasteiger partial charge on any atom is 0.285 e. The molecule has 1 aromatic rings. The number of nitro groups is 1. The number of piperidine rings is 1. The van der Waals surface area contributed by atoms with Gasteiger partial charge in [0.2, 0.25) is 0 Å². The molecule has 1 aromatic carbocycles. The van der Waals surface area contributed by atoms with Crippen molar-refractivity contribution in [2.75, 3.05) is 20.2 Å². The molecule has 0 saturated carbocycles. The van der Waals surface area contributed by atoms with Crippen LogP contribution in [-0.2, 0) is 0 Å². The maximum atomic E-state index is 12.5. The lowest BCUT2D eigenvalue weighted by Gasteiger charge is -2.29. The number of aliphatic hydroxyl groups excluding tert-OH is 1. The van der Waals surface area contributed by atoms with Gasteiger partial charge < -0.3 is 14.7 Å². The molecule has 7 heteroatoms. The number of methoxy groups -OCH3 is 1. The molecule has 0 bridgehead atoms. The molecule has 1 aliphatic rings. The van der Waals surface area contributed by atoms with E-state index in [0.717, 1.165) is 0 Å². The lowest BCUT2D eigenvalue weighted by molar-refractivity contribution is -0.385. The van der Waals surface area contributed by atoms with Crippen LogP contribution in [0.3, 0.4) is 0 Å². The molecule has 2 rings (SSSR count). The molecule has 20 heavy (non-hydrogen) atoms. The van der Waals surface area contributed by atoms with Gasteiger partial charge in [-0.05, 0) is 18.9 Å². The van der Waals surface area contributed by atoms with Crippen LogP contribution in [-0.4, -0.2) is 47.1 Å². The Morgan fingerprint density at radius 2 is 2.10 bits per heavy atom. The van der Waals surface area contributed by atoms with Gasteiger partial charge in [-0.1, -0.05) is 6.07 Å². The third-order valence-electron chi connectivity index (χ3n) is 3.39. The van der Waals surface area contributed by atoms with Crippen molar-refractivity contribution in [2.24, 2.45) is 0 Å². The third kappa shape index (κ3) is 2.72. The Labute approximate surface area is 115 Å². The fraction of sp³-hybridized carbons (Fsp3) is 0.462. The fourth-order valence-electron chi connectivity index (χ4n) is 2.28. The first-order valence-corrected chi connectivity index (χ1v) is 6.33. The van der Waals surface area contributed by atoms with Crippen molar-refractivity contribution in [1.29, 1.82) is 0 Å². The Morgan fingerprint density at radius 1 is 1.45 bits per heavy atom. The van der Waals surface area contributed by atoms with E-state index in [9.17, 15) is 20.0 Å². The molecule has 7 nitrogen and oxygen atoms in total. The number of hydrogen-bond donors (Lipinski definition) is 1. The van der Waals surface area contributed by atoms with E-state index in [4.69, 9.17) is 4.74 Å². The van der Waals surface area contributed by atoms with E-state index >= 15 is 0 Å². The van der Waals surface area contributed by atoms with Crippen molar-refractivity contribution in [2.45, 2.75) is 18.9 Å². The molecule has 1 amide bonds. The minimum absolute atomic E-state index is 0.0311. The monoisotopic (exact) mass is 280 g/mol. The summed E-state index contributed by atoms with van der Waals surface area (Å²) in [5.41, 5.74) is -0.295. The van der Waals surface area contributed by atoms with Gasteiger partial charge in [-0.3, -0.25) is 14.9 Å². The highest BCUT2D eigenvalue weighted by Gasteiger charge is 2.30. The average Bonchev–Trinajstić information content (AvgIpc) is 2.46. The summed E-state index contributed by atoms with van der Waals surface area (Å²) in [5.74, 6) is -0.239. The molecule has 1 aliphatic heterocycles. The van der Waals surface area contributed by atoms with Gasteiger partial charge in [0, 0.05) is 19.2 Å². The van der Waals surface area contributed by atoms with E-state index in [2.05, 4.69) is 0 Å². The molecule has 0 aromatic heterocycles. The number of rotatable bonds is 3. The van der Waals surface area contributed by atoms with E-state index < -0.39 is 16.9 Å². The highest BCUT2D eigenvalue weighted by Crippen LogP contribution is 2.30. The normalized spacial score (nSPS) is 16.0. The van der Waals surface area contributed by atoms with Crippen molar-refractivity contribution in [1.82, 2.24) is 4.90 Å². The van der Waals surface area contributed by atoms with Crippen LogP contribution in [0, 0.1) is 10.1 Å². The van der Waals surface area contributed by atoms with E-state index in [1.54, 1.807) is 0 Å². The quantitative estimate of drug-likeness (QED) is 0.663. The number of amides is 1. The molecule has 0 spiro atoms. The molecule has 1 heterocycles. The minimum Gasteiger partial charge on any atom is -0.496 e. The zero-order valence-corrected chi connectivity index (χ0v) is 11.1. The third-order valence-corrected chi connectivity index (χ3v) is 3.39. The lowest BCUT2D eigenvalue weighted by Crippen LogP contribution is -2.40. The second-order valence-corrected chi connectivity index (χ2v) is 4.63. The first kappa shape index (κ1) is 14.3. The van der Waals surface area contributed by atoms with Gasteiger partial charge >= 0.3 is 0 Å². The lowest BCUT2D eigenvalue weighted by atomic mass is 10.1. The predicted molar refractivity (Wildman–Crippen MR) is 70.8 cm³/mol. The van der Waals surface area contributed by atoms with Crippen molar-refractivity contribution in [3.8, 4) is 5.75 Å². The Hall–Kier alpha value is -2.15. The molecule has 1 saturated heterocycles. The second-order valence-electron chi connectivity index (χ2n) is 4.63. The van der Waals surface area contributed by atoms with Crippen LogP contribution in [0.1, 0.15) is 23.2 Å². The van der Waals surface area contributed by atoms with Crippen LogP contribution >= 0.6 is 0 Å². The predicted octanol–water partition coefficient (Wildman–Crippen LogP) is 1.20. The standard InChI is InChI=1S/C13H16N2O5/c1-20-11-4-2-3-10(15(18)19)12(11)13(17)14-7-5-9(16)6-8-14/h2-4,9,16H,5-8H2,1H3. The zero-order chi connectivity index (χ0) is 14.7. The van der Waals surface area contributed by atoms with Gasteiger partial charge in [0.1, 0.15) is 5.75 Å². The number of aliphatic hydroxyl groups is 1. The first-order chi connectivity index (χ1) is 9.54. The van der Waals surface area contributed by atoms with Crippen LogP contribution < -0.4 is 4.74 Å². The largest absolute Gasteiger partial charge is 0.496 e. The van der Waals surface area contributed by atoms with Gasteiger partial charge in [0.25, 0.3) is 11.6 Å². The van der Waals surface area contributed by atoms with E-state index in [1.165, 1.54) is 30.2 Å². The number of ether oxygens (including phenoxy) is 1. The maximum absolute atomic E-state index is 12.5. The van der Waals surface area contributed by atoms with E-state index in [0.29, 0.717) is 25.9 Å². The number of hydrogen-bond acceptors (Lipinski definition) is 5. The molecule has 1 fully saturated rings. The average molecular weight is 280 g/mol. The Bertz CT molecular complexity index is 523. The van der Waals surface area contributed by atoms with E-state index in [1.807, 2.05) is 0 Å². The highest BCUT2D eigenvalue weighted by molar-refractivity contribution is 6.01. The molecule has 1 N–H and O–H groups in total. The summed E-state index contributed by atoms with van der Waals surface area (Å²) in [6, 6.07) is 4.29. The molecular weight excluding hydrogens is 264 g/mol. The SMILES string of the molecule is COc1cccc([N+](=O)[O-])c1C(=O)N1CCC(O)CC1. The van der Waals surface area contributed by atoms with Gasteiger partial charge in [0.05, 0.1) is 18.1 Å². The first-order valence-electron chi connectivity index (χ1n) is 6.33. The summed E-state index contributed by atoms with van der Waals surface area (Å²) < 4.78 is 5.07. The van der Waals surface area contributed by atoms with E-state index in [-0.39, 0.29) is 17.0 Å². The molecule has 108 valence electrons. The summed E-state index contributed by atoms with van der Waals surface area (Å²) in [6.45, 7) is 0.768. The van der Waals surface area contributed by atoms with Crippen LogP contribution in [0.5, 0.6) is 5.75 Å². The smallest absolute Gasteiger partial charge is 0.285 e.